The smallest absolute Gasteiger partial charge is 0.210 e. The third kappa shape index (κ3) is 3.41. The molecule has 0 amide bonds. The van der Waals surface area contributed by atoms with Crippen LogP contribution >= 0.6 is 15.9 Å². The predicted molar refractivity (Wildman–Crippen MR) is 113 cm³/mol. The molecule has 0 aliphatic rings. The van der Waals surface area contributed by atoms with Crippen molar-refractivity contribution in [3.8, 4) is 6.07 Å². The Bertz CT molecular complexity index is 1120. The van der Waals surface area contributed by atoms with Crippen molar-refractivity contribution in [2.75, 3.05) is 0 Å². The number of pyridine rings is 1. The standard InChI is InChI=1S/C21H19BrN2O2Si/c1-13(25)18-19(20(26)15-5-7-16(22)8-6-15)24-10-9-14(12-23)11-17(24)21(18)27(2,3)4/h5-11H,1-4H3. The summed E-state index contributed by atoms with van der Waals surface area (Å²) in [5.74, 6) is -0.327. The van der Waals surface area contributed by atoms with Gasteiger partial charge in [-0.3, -0.25) is 9.59 Å². The molecule has 136 valence electrons. The number of rotatable bonds is 4. The van der Waals surface area contributed by atoms with E-state index in [2.05, 4.69) is 41.6 Å². The first-order valence-electron chi connectivity index (χ1n) is 8.55. The molecule has 27 heavy (non-hydrogen) atoms. The molecule has 2 aromatic heterocycles. The number of halogens is 1. The summed E-state index contributed by atoms with van der Waals surface area (Å²) >= 11 is 3.38. The van der Waals surface area contributed by atoms with E-state index < -0.39 is 8.07 Å². The average Bonchev–Trinajstić information content (AvgIpc) is 2.96. The molecule has 4 nitrogen and oxygen atoms in total. The molecule has 0 aliphatic heterocycles. The molecule has 3 rings (SSSR count). The molecule has 0 saturated carbocycles. The van der Waals surface area contributed by atoms with Gasteiger partial charge < -0.3 is 4.40 Å². The van der Waals surface area contributed by atoms with Gasteiger partial charge in [0.25, 0.3) is 0 Å². The topological polar surface area (TPSA) is 62.3 Å². The number of carbonyl (C=O) groups is 2. The number of Topliss-reactive ketones (excluding diaryl/α,β-unsaturated/α-hetero) is 1. The molecule has 6 heteroatoms. The van der Waals surface area contributed by atoms with Crippen LogP contribution < -0.4 is 5.19 Å². The molecule has 2 heterocycles. The van der Waals surface area contributed by atoms with Crippen molar-refractivity contribution < 1.29 is 9.59 Å². The minimum absolute atomic E-state index is 0.130. The van der Waals surface area contributed by atoms with Gasteiger partial charge in [0.15, 0.2) is 5.78 Å². The Balaban J connectivity index is 2.43. The molecule has 0 bridgehead atoms. The minimum Gasteiger partial charge on any atom is -0.313 e. The summed E-state index contributed by atoms with van der Waals surface area (Å²) in [7, 11) is -1.99. The summed E-state index contributed by atoms with van der Waals surface area (Å²) < 4.78 is 2.66. The van der Waals surface area contributed by atoms with Crippen LogP contribution in [0.5, 0.6) is 0 Å². The fraction of sp³-hybridized carbons (Fsp3) is 0.190. The van der Waals surface area contributed by atoms with Crippen LogP contribution in [0.4, 0.5) is 0 Å². The molecular weight excluding hydrogens is 420 g/mol. The molecule has 1 aromatic carbocycles. The van der Waals surface area contributed by atoms with E-state index in [0.717, 1.165) is 15.2 Å². The molecular formula is C21H19BrN2O2Si. The number of hydrogen-bond donors (Lipinski definition) is 0. The van der Waals surface area contributed by atoms with Crippen LogP contribution in [0, 0.1) is 11.3 Å². The Morgan fingerprint density at radius 3 is 2.26 bits per heavy atom. The summed E-state index contributed by atoms with van der Waals surface area (Å²) in [6.07, 6.45) is 1.72. The second-order valence-corrected chi connectivity index (χ2v) is 13.4. The molecule has 0 saturated heterocycles. The van der Waals surface area contributed by atoms with Crippen LogP contribution in [0.1, 0.15) is 38.9 Å². The first-order valence-corrected chi connectivity index (χ1v) is 12.8. The minimum atomic E-state index is -1.99. The largest absolute Gasteiger partial charge is 0.313 e. The molecule has 0 spiro atoms. The lowest BCUT2D eigenvalue weighted by Crippen LogP contribution is -2.40. The van der Waals surface area contributed by atoms with Crippen molar-refractivity contribution in [1.82, 2.24) is 4.40 Å². The SMILES string of the molecule is CC(=O)c1c([Si](C)(C)C)c2cc(C#N)ccn2c1C(=O)c1ccc(Br)cc1. The highest BCUT2D eigenvalue weighted by Gasteiger charge is 2.33. The van der Waals surface area contributed by atoms with Crippen molar-refractivity contribution in [1.29, 1.82) is 5.26 Å². The predicted octanol–water partition coefficient (Wildman–Crippen LogP) is 4.55. The van der Waals surface area contributed by atoms with Crippen molar-refractivity contribution in [2.24, 2.45) is 0 Å². The van der Waals surface area contributed by atoms with E-state index in [1.165, 1.54) is 6.92 Å². The quantitative estimate of drug-likeness (QED) is 0.443. The fourth-order valence-corrected chi connectivity index (χ4v) is 5.66. The number of aromatic nitrogens is 1. The van der Waals surface area contributed by atoms with Gasteiger partial charge in [0.05, 0.1) is 19.7 Å². The molecule has 0 fully saturated rings. The summed E-state index contributed by atoms with van der Waals surface area (Å²) in [6.45, 7) is 7.92. The van der Waals surface area contributed by atoms with Gasteiger partial charge in [0, 0.05) is 27.3 Å². The number of fused-ring (bicyclic) bond motifs is 1. The lowest BCUT2D eigenvalue weighted by atomic mass is 10.0. The zero-order chi connectivity index (χ0) is 19.9. The normalized spacial score (nSPS) is 11.4. The van der Waals surface area contributed by atoms with Crippen molar-refractivity contribution in [3.05, 3.63) is 69.5 Å². The second-order valence-electron chi connectivity index (χ2n) is 7.52. The molecule has 0 aliphatic carbocycles. The molecule has 0 atom stereocenters. The van der Waals surface area contributed by atoms with E-state index in [9.17, 15) is 14.9 Å². The van der Waals surface area contributed by atoms with Gasteiger partial charge in [-0.1, -0.05) is 35.6 Å². The second kappa shape index (κ2) is 6.91. The number of nitrogens with zero attached hydrogens (tertiary/aromatic N) is 2. The third-order valence-electron chi connectivity index (χ3n) is 4.49. The maximum Gasteiger partial charge on any atom is 0.210 e. The van der Waals surface area contributed by atoms with Gasteiger partial charge >= 0.3 is 0 Å². The highest BCUT2D eigenvalue weighted by Crippen LogP contribution is 2.24. The zero-order valence-corrected chi connectivity index (χ0v) is 18.2. The Labute approximate surface area is 167 Å². The number of hydrogen-bond acceptors (Lipinski definition) is 3. The van der Waals surface area contributed by atoms with E-state index >= 15 is 0 Å². The van der Waals surface area contributed by atoms with Crippen LogP contribution in [-0.4, -0.2) is 24.0 Å². The first kappa shape index (κ1) is 19.3. The molecule has 0 unspecified atom stereocenters. The van der Waals surface area contributed by atoms with Crippen molar-refractivity contribution in [2.45, 2.75) is 26.6 Å². The Hall–Kier alpha value is -2.49. The van der Waals surface area contributed by atoms with E-state index in [4.69, 9.17) is 0 Å². The summed E-state index contributed by atoms with van der Waals surface area (Å²) in [6, 6.07) is 12.7. The van der Waals surface area contributed by atoms with E-state index in [1.807, 2.05) is 12.1 Å². The first-order chi connectivity index (χ1) is 12.6. The maximum atomic E-state index is 13.4. The third-order valence-corrected chi connectivity index (χ3v) is 7.03. The fourth-order valence-electron chi connectivity index (χ4n) is 3.39. The molecule has 3 aromatic rings. The van der Waals surface area contributed by atoms with Crippen LogP contribution in [0.15, 0.2) is 47.1 Å². The summed E-state index contributed by atoms with van der Waals surface area (Å²) in [5.41, 5.74) is 2.67. The van der Waals surface area contributed by atoms with Crippen molar-refractivity contribution in [3.63, 3.8) is 0 Å². The maximum absolute atomic E-state index is 13.4. The lowest BCUT2D eigenvalue weighted by Gasteiger charge is -2.17. The van der Waals surface area contributed by atoms with Gasteiger partial charge in [0.1, 0.15) is 5.69 Å². The van der Waals surface area contributed by atoms with E-state index in [-0.39, 0.29) is 11.6 Å². The van der Waals surface area contributed by atoms with Crippen LogP contribution in [0.3, 0.4) is 0 Å². The Morgan fingerprint density at radius 1 is 1.11 bits per heavy atom. The van der Waals surface area contributed by atoms with Gasteiger partial charge in [-0.15, -0.1) is 0 Å². The number of nitriles is 1. The number of ketones is 2. The van der Waals surface area contributed by atoms with Crippen LogP contribution in [0.25, 0.3) is 5.52 Å². The molecule has 0 N–H and O–H groups in total. The Morgan fingerprint density at radius 2 is 1.74 bits per heavy atom. The van der Waals surface area contributed by atoms with Gasteiger partial charge in [-0.2, -0.15) is 5.26 Å². The van der Waals surface area contributed by atoms with E-state index in [0.29, 0.717) is 22.4 Å². The molecule has 0 radical (unpaired) electrons. The zero-order valence-electron chi connectivity index (χ0n) is 15.6. The van der Waals surface area contributed by atoms with Crippen molar-refractivity contribution >= 4 is 46.3 Å². The number of carbonyl (C=O) groups excluding carboxylic acids is 2. The van der Waals surface area contributed by atoms with Crippen LogP contribution in [-0.2, 0) is 0 Å². The monoisotopic (exact) mass is 438 g/mol. The highest BCUT2D eigenvalue weighted by molar-refractivity contribution is 9.10. The highest BCUT2D eigenvalue weighted by atomic mass is 79.9. The van der Waals surface area contributed by atoms with Gasteiger partial charge in [-0.25, -0.2) is 0 Å². The Kier molecular flexibility index (Phi) is 4.93. The number of benzene rings is 1. The summed E-state index contributed by atoms with van der Waals surface area (Å²) in [4.78, 5) is 26.0. The van der Waals surface area contributed by atoms with E-state index in [1.54, 1.807) is 34.9 Å². The lowest BCUT2D eigenvalue weighted by molar-refractivity contribution is 0.0988. The van der Waals surface area contributed by atoms with Crippen LogP contribution in [0.2, 0.25) is 19.6 Å². The summed E-state index contributed by atoms with van der Waals surface area (Å²) in [5, 5.41) is 10.2. The van der Waals surface area contributed by atoms with Gasteiger partial charge in [0.2, 0.25) is 5.78 Å². The average molecular weight is 439 g/mol. The van der Waals surface area contributed by atoms with Gasteiger partial charge in [-0.05, 0) is 48.5 Å².